The first-order chi connectivity index (χ1) is 24.7. The second-order valence-corrected chi connectivity index (χ2v) is 26.7. The summed E-state index contributed by atoms with van der Waals surface area (Å²) in [6, 6.07) is 21.2. The molecule has 0 aliphatic rings. The van der Waals surface area contributed by atoms with Gasteiger partial charge in [0.25, 0.3) is 0 Å². The summed E-state index contributed by atoms with van der Waals surface area (Å²) < 4.78 is 22.7. The van der Waals surface area contributed by atoms with Crippen molar-refractivity contribution in [2.24, 2.45) is 0 Å². The van der Waals surface area contributed by atoms with Gasteiger partial charge in [-0.2, -0.15) is 0 Å². The molecule has 52 heavy (non-hydrogen) atoms. The number of ether oxygens (including phenoxy) is 4. The molecule has 4 aromatic rings. The highest BCUT2D eigenvalue weighted by Crippen LogP contribution is 2.35. The van der Waals surface area contributed by atoms with E-state index in [1.54, 1.807) is 24.3 Å². The number of aromatic hydroxyl groups is 2. The Morgan fingerprint density at radius 1 is 0.558 bits per heavy atom. The van der Waals surface area contributed by atoms with E-state index in [2.05, 4.69) is 54.2 Å². The molecule has 11 nitrogen and oxygen atoms in total. The van der Waals surface area contributed by atoms with Crippen molar-refractivity contribution >= 4 is 16.1 Å². The minimum Gasteiger partial charge on any atom is -0.507 e. The van der Waals surface area contributed by atoms with Crippen LogP contribution < -0.4 is 9.47 Å². The Morgan fingerprint density at radius 3 is 1.38 bits per heavy atom. The van der Waals surface area contributed by atoms with Gasteiger partial charge < -0.3 is 39.4 Å². The summed E-state index contributed by atoms with van der Waals surface area (Å²) in [6.45, 7) is 15.5. The quantitative estimate of drug-likeness (QED) is 0.0503. The van der Waals surface area contributed by atoms with Gasteiger partial charge in [0.05, 0.1) is 24.3 Å². The van der Waals surface area contributed by atoms with Crippen LogP contribution in [0.5, 0.6) is 23.0 Å². The van der Waals surface area contributed by atoms with E-state index in [4.69, 9.17) is 18.9 Å². The average Bonchev–Trinajstić information content (AvgIpc) is 3.09. The van der Waals surface area contributed by atoms with E-state index in [1.807, 2.05) is 30.3 Å². The van der Waals surface area contributed by atoms with Crippen molar-refractivity contribution < 1.29 is 39.4 Å². The van der Waals surface area contributed by atoms with E-state index in [1.165, 1.54) is 24.2 Å². The molecule has 0 spiro atoms. The van der Waals surface area contributed by atoms with Crippen LogP contribution in [0.1, 0.15) is 12.8 Å². The minimum atomic E-state index is -1.12. The van der Waals surface area contributed by atoms with E-state index >= 15 is 0 Å². The molecule has 0 saturated heterocycles. The number of rotatable bonds is 21. The Labute approximate surface area is 309 Å². The van der Waals surface area contributed by atoms with Crippen LogP contribution in [0.3, 0.4) is 0 Å². The van der Waals surface area contributed by atoms with Crippen molar-refractivity contribution in [2.75, 3.05) is 39.6 Å². The van der Waals surface area contributed by atoms with Gasteiger partial charge in [-0.25, -0.2) is 15.0 Å². The molecule has 0 aliphatic carbocycles. The molecule has 4 rings (SSSR count). The van der Waals surface area contributed by atoms with Crippen LogP contribution in [0, 0.1) is 0 Å². The van der Waals surface area contributed by atoms with Crippen molar-refractivity contribution in [2.45, 2.75) is 76.4 Å². The zero-order valence-corrected chi connectivity index (χ0v) is 33.3. The SMILES string of the molecule is C[Si](C)(C)CCCOCC(O)COc1ccc(-c2nc(-c3ccccc3)nc(-c3ccc(OCC(O)COCCC[Si](C)(C)C)cc3O)n2)c(O)c1. The van der Waals surface area contributed by atoms with Crippen LogP contribution in [0.2, 0.25) is 51.4 Å². The lowest BCUT2D eigenvalue weighted by molar-refractivity contribution is 0.0122. The zero-order chi connectivity index (χ0) is 37.7. The van der Waals surface area contributed by atoms with Gasteiger partial charge in [0.15, 0.2) is 17.5 Å². The molecule has 0 aliphatic heterocycles. The van der Waals surface area contributed by atoms with E-state index in [0.29, 0.717) is 41.7 Å². The van der Waals surface area contributed by atoms with Gasteiger partial charge >= 0.3 is 0 Å². The minimum absolute atomic E-state index is 0.00537. The maximum atomic E-state index is 11.0. The van der Waals surface area contributed by atoms with Crippen LogP contribution >= 0.6 is 0 Å². The lowest BCUT2D eigenvalue weighted by Crippen LogP contribution is -2.24. The fourth-order valence-corrected chi connectivity index (χ4v) is 7.65. The summed E-state index contributed by atoms with van der Waals surface area (Å²) >= 11 is 0. The third-order valence-corrected chi connectivity index (χ3v) is 11.7. The number of phenolic OH excluding ortho intramolecular Hbond substituents is 2. The Hall–Kier alpha value is -3.86. The van der Waals surface area contributed by atoms with Gasteiger partial charge in [-0.05, 0) is 37.1 Å². The predicted octanol–water partition coefficient (Wildman–Crippen LogP) is 7.25. The number of hydrogen-bond acceptors (Lipinski definition) is 11. The summed E-state index contributed by atoms with van der Waals surface area (Å²) in [5, 5.41) is 42.8. The Morgan fingerprint density at radius 2 is 0.981 bits per heavy atom. The first-order valence-electron chi connectivity index (χ1n) is 17.9. The standard InChI is InChI=1S/C39H55N3O8Si2/c1-51(2,3)20-10-18-47-24-29(43)26-49-31-14-16-33(35(45)22-31)38-40-37(28-12-8-7-9-13-28)41-39(42-38)34-17-15-32(23-36(34)46)50-27-30(44)25-48-19-11-21-52(4,5)6/h7-9,12-17,22-23,29-30,43-46H,10-11,18-21,24-27H2,1-6H3. The van der Waals surface area contributed by atoms with Crippen molar-refractivity contribution in [1.29, 1.82) is 0 Å². The normalized spacial score (nSPS) is 13.2. The molecule has 2 unspecified atom stereocenters. The lowest BCUT2D eigenvalue weighted by Gasteiger charge is -2.16. The topological polar surface area (TPSA) is 157 Å². The fourth-order valence-electron chi connectivity index (χ4n) is 5.24. The molecule has 0 saturated carbocycles. The number of aromatic nitrogens is 3. The van der Waals surface area contributed by atoms with Crippen LogP contribution in [-0.2, 0) is 9.47 Å². The summed E-state index contributed by atoms with van der Waals surface area (Å²) in [5.41, 5.74) is 1.38. The van der Waals surface area contributed by atoms with E-state index in [-0.39, 0.29) is 49.6 Å². The first kappa shape index (κ1) is 40.9. The molecule has 0 bridgehead atoms. The van der Waals surface area contributed by atoms with Crippen molar-refractivity contribution in [3.63, 3.8) is 0 Å². The molecule has 1 aromatic heterocycles. The molecule has 2 atom stereocenters. The Kier molecular flexibility index (Phi) is 15.2. The average molecular weight is 750 g/mol. The molecule has 3 aromatic carbocycles. The molecule has 0 fully saturated rings. The number of hydrogen-bond donors (Lipinski definition) is 4. The van der Waals surface area contributed by atoms with Gasteiger partial charge in [-0.3, -0.25) is 0 Å². The second-order valence-electron chi connectivity index (χ2n) is 15.4. The Bertz CT molecular complexity index is 1600. The van der Waals surface area contributed by atoms with Crippen LogP contribution in [0.25, 0.3) is 34.2 Å². The highest BCUT2D eigenvalue weighted by atomic mass is 28.3. The van der Waals surface area contributed by atoms with E-state index in [9.17, 15) is 20.4 Å². The molecular weight excluding hydrogens is 695 g/mol. The van der Waals surface area contributed by atoms with Crippen molar-refractivity contribution in [3.05, 3.63) is 66.7 Å². The molecule has 282 valence electrons. The third-order valence-electron chi connectivity index (χ3n) is 8.02. The van der Waals surface area contributed by atoms with Crippen LogP contribution in [0.15, 0.2) is 66.7 Å². The number of aliphatic hydroxyl groups is 2. The maximum absolute atomic E-state index is 11.0. The predicted molar refractivity (Wildman–Crippen MR) is 210 cm³/mol. The smallest absolute Gasteiger partial charge is 0.167 e. The van der Waals surface area contributed by atoms with Gasteiger partial charge in [0.2, 0.25) is 0 Å². The molecule has 4 N–H and O–H groups in total. The largest absolute Gasteiger partial charge is 0.507 e. The summed E-state index contributed by atoms with van der Waals surface area (Å²) in [6.07, 6.45) is 0.323. The molecule has 0 radical (unpaired) electrons. The third kappa shape index (κ3) is 13.9. The number of nitrogens with zero attached hydrogens (tertiary/aromatic N) is 3. The zero-order valence-electron chi connectivity index (χ0n) is 31.3. The highest BCUT2D eigenvalue weighted by molar-refractivity contribution is 6.76. The van der Waals surface area contributed by atoms with Gasteiger partial charge in [0.1, 0.15) is 48.4 Å². The van der Waals surface area contributed by atoms with Crippen LogP contribution in [-0.4, -0.2) is 103 Å². The second kappa shape index (κ2) is 19.3. The molecule has 1 heterocycles. The summed E-state index contributed by atoms with van der Waals surface area (Å²) in [4.78, 5) is 13.9. The molecule has 0 amide bonds. The van der Waals surface area contributed by atoms with Gasteiger partial charge in [-0.15, -0.1) is 0 Å². The molecular formula is C39H55N3O8Si2. The van der Waals surface area contributed by atoms with Crippen LogP contribution in [0.4, 0.5) is 0 Å². The monoisotopic (exact) mass is 749 g/mol. The van der Waals surface area contributed by atoms with Gasteiger partial charge in [-0.1, -0.05) is 81.7 Å². The fraction of sp³-hybridized carbons (Fsp3) is 0.462. The Balaban J connectivity index is 1.43. The summed E-state index contributed by atoms with van der Waals surface area (Å²) in [5.74, 6) is 1.20. The van der Waals surface area contributed by atoms with Crippen molar-refractivity contribution in [3.8, 4) is 57.2 Å². The van der Waals surface area contributed by atoms with E-state index < -0.39 is 28.4 Å². The molecule has 13 heteroatoms. The number of benzene rings is 3. The number of phenols is 2. The highest BCUT2D eigenvalue weighted by Gasteiger charge is 2.19. The lowest BCUT2D eigenvalue weighted by atomic mass is 10.1. The van der Waals surface area contributed by atoms with Crippen molar-refractivity contribution in [1.82, 2.24) is 15.0 Å². The van der Waals surface area contributed by atoms with Gasteiger partial charge in [0, 0.05) is 47.1 Å². The number of aliphatic hydroxyl groups excluding tert-OH is 2. The maximum Gasteiger partial charge on any atom is 0.167 e. The van der Waals surface area contributed by atoms with E-state index in [0.717, 1.165) is 18.4 Å². The summed E-state index contributed by atoms with van der Waals surface area (Å²) in [7, 11) is -2.24. The first-order valence-corrected chi connectivity index (χ1v) is 25.3.